The highest BCUT2D eigenvalue weighted by atomic mass is 35.5. The van der Waals surface area contributed by atoms with Crippen molar-refractivity contribution < 1.29 is 9.53 Å². The van der Waals surface area contributed by atoms with Crippen LogP contribution in [0.1, 0.15) is 29.6 Å². The first-order valence-corrected chi connectivity index (χ1v) is 11.0. The summed E-state index contributed by atoms with van der Waals surface area (Å²) in [6.07, 6.45) is 0.770. The number of benzene rings is 3. The minimum Gasteiger partial charge on any atom is -0.484 e. The molecule has 2 atom stereocenters. The van der Waals surface area contributed by atoms with E-state index in [-0.39, 0.29) is 30.5 Å². The number of anilines is 2. The number of nitrogens with one attached hydrogen (secondary N) is 2. The Balaban J connectivity index is 1.37. The van der Waals surface area contributed by atoms with Gasteiger partial charge in [-0.15, -0.1) is 5.10 Å². The summed E-state index contributed by atoms with van der Waals surface area (Å²) in [6.45, 7) is -0.128. The standard InChI is InChI=1S/C25H22ClN5O2/c26-19-13-11-17(12-14-19)21-15-22(18-7-3-1-4-8-18)31-25(27-21)29-24(30-31)28-23(32)16-33-20-9-5-2-6-10-20/h1-14,21-22H,15-16H2,(H2,27,28,29,30,32)/t21-,22-/m0/s1. The number of aromatic nitrogens is 3. The zero-order valence-electron chi connectivity index (χ0n) is 17.7. The number of rotatable bonds is 6. The van der Waals surface area contributed by atoms with Crippen LogP contribution >= 0.6 is 11.6 Å². The molecule has 0 unspecified atom stereocenters. The maximum Gasteiger partial charge on any atom is 0.264 e. The molecule has 0 radical (unpaired) electrons. The van der Waals surface area contributed by atoms with Gasteiger partial charge in [0, 0.05) is 5.02 Å². The van der Waals surface area contributed by atoms with Gasteiger partial charge >= 0.3 is 0 Å². The quantitative estimate of drug-likeness (QED) is 0.419. The second-order valence-electron chi connectivity index (χ2n) is 7.76. The summed E-state index contributed by atoms with van der Waals surface area (Å²) in [5.74, 6) is 1.12. The summed E-state index contributed by atoms with van der Waals surface area (Å²) < 4.78 is 7.34. The van der Waals surface area contributed by atoms with E-state index in [0.717, 1.165) is 17.5 Å². The molecule has 7 nitrogen and oxygen atoms in total. The Morgan fingerprint density at radius 2 is 1.70 bits per heavy atom. The normalized spacial score (nSPS) is 17.0. The van der Waals surface area contributed by atoms with E-state index in [1.54, 1.807) is 12.1 Å². The van der Waals surface area contributed by atoms with Crippen molar-refractivity contribution in [2.75, 3.05) is 17.2 Å². The lowest BCUT2D eigenvalue weighted by atomic mass is 9.93. The molecule has 3 aromatic carbocycles. The molecule has 2 N–H and O–H groups in total. The number of fused-ring (bicyclic) bond motifs is 1. The first-order valence-electron chi connectivity index (χ1n) is 10.7. The Bertz CT molecular complexity index is 1230. The first kappa shape index (κ1) is 21.0. The van der Waals surface area contributed by atoms with Crippen molar-refractivity contribution in [3.63, 3.8) is 0 Å². The number of hydrogen-bond acceptors (Lipinski definition) is 5. The van der Waals surface area contributed by atoms with E-state index in [4.69, 9.17) is 16.3 Å². The molecule has 4 aromatic rings. The van der Waals surface area contributed by atoms with E-state index in [9.17, 15) is 4.79 Å². The van der Waals surface area contributed by atoms with Crippen molar-refractivity contribution in [2.24, 2.45) is 0 Å². The van der Waals surface area contributed by atoms with Gasteiger partial charge in [-0.2, -0.15) is 4.98 Å². The largest absolute Gasteiger partial charge is 0.484 e. The van der Waals surface area contributed by atoms with Gasteiger partial charge in [-0.1, -0.05) is 72.3 Å². The number of para-hydroxylation sites is 1. The molecule has 1 amide bonds. The van der Waals surface area contributed by atoms with E-state index in [1.807, 2.05) is 65.3 Å². The topological polar surface area (TPSA) is 81.1 Å². The van der Waals surface area contributed by atoms with Gasteiger partial charge in [0.25, 0.3) is 11.9 Å². The molecule has 0 bridgehead atoms. The molecular weight excluding hydrogens is 438 g/mol. The second kappa shape index (κ2) is 9.34. The lowest BCUT2D eigenvalue weighted by Gasteiger charge is -2.31. The van der Waals surface area contributed by atoms with E-state index in [1.165, 1.54) is 0 Å². The van der Waals surface area contributed by atoms with Gasteiger partial charge < -0.3 is 10.1 Å². The molecule has 33 heavy (non-hydrogen) atoms. The van der Waals surface area contributed by atoms with Gasteiger partial charge in [-0.25, -0.2) is 4.68 Å². The SMILES string of the molecule is O=C(COc1ccccc1)Nc1nc2n(n1)[C@H](c1ccccc1)C[C@@H](c1ccc(Cl)cc1)N2. The summed E-state index contributed by atoms with van der Waals surface area (Å²) >= 11 is 6.08. The molecule has 8 heteroatoms. The number of hydrogen-bond donors (Lipinski definition) is 2. The first-order chi connectivity index (χ1) is 16.2. The maximum atomic E-state index is 12.4. The van der Waals surface area contributed by atoms with Crippen molar-refractivity contribution in [1.29, 1.82) is 0 Å². The predicted octanol–water partition coefficient (Wildman–Crippen LogP) is 5.10. The molecule has 0 saturated carbocycles. The maximum absolute atomic E-state index is 12.4. The van der Waals surface area contributed by atoms with Crippen LogP contribution in [0.15, 0.2) is 84.9 Å². The monoisotopic (exact) mass is 459 g/mol. The van der Waals surface area contributed by atoms with Crippen molar-refractivity contribution in [3.8, 4) is 5.75 Å². The van der Waals surface area contributed by atoms with Crippen molar-refractivity contribution >= 4 is 29.4 Å². The fraction of sp³-hybridized carbons (Fsp3) is 0.160. The number of carbonyl (C=O) groups is 1. The van der Waals surface area contributed by atoms with Crippen LogP contribution in [-0.2, 0) is 4.79 Å². The minimum atomic E-state index is -0.327. The third kappa shape index (κ3) is 4.83. The van der Waals surface area contributed by atoms with Crippen LogP contribution in [0.25, 0.3) is 0 Å². The number of amides is 1. The van der Waals surface area contributed by atoms with Crippen LogP contribution in [0.3, 0.4) is 0 Å². The van der Waals surface area contributed by atoms with Gasteiger partial charge in [0.2, 0.25) is 5.95 Å². The van der Waals surface area contributed by atoms with Gasteiger partial charge in [0.1, 0.15) is 5.75 Å². The van der Waals surface area contributed by atoms with Crippen molar-refractivity contribution in [3.05, 3.63) is 101 Å². The van der Waals surface area contributed by atoms with Crippen molar-refractivity contribution in [1.82, 2.24) is 14.8 Å². The van der Waals surface area contributed by atoms with Gasteiger partial charge in [-0.05, 0) is 41.8 Å². The highest BCUT2D eigenvalue weighted by molar-refractivity contribution is 6.30. The zero-order chi connectivity index (χ0) is 22.6. The van der Waals surface area contributed by atoms with E-state index >= 15 is 0 Å². The summed E-state index contributed by atoms with van der Waals surface area (Å²) in [6, 6.07) is 27.1. The molecule has 0 aliphatic carbocycles. The number of carbonyl (C=O) groups excluding carboxylic acids is 1. The lowest BCUT2D eigenvalue weighted by molar-refractivity contribution is -0.118. The summed E-state index contributed by atoms with van der Waals surface area (Å²) in [4.78, 5) is 17.0. The van der Waals surface area contributed by atoms with Crippen LogP contribution in [0.5, 0.6) is 5.75 Å². The fourth-order valence-corrected chi connectivity index (χ4v) is 4.05. The molecule has 1 aliphatic heterocycles. The molecule has 0 fully saturated rings. The Labute approximate surface area is 196 Å². The Hall–Kier alpha value is -3.84. The molecule has 166 valence electrons. The van der Waals surface area contributed by atoms with Gasteiger partial charge in [-0.3, -0.25) is 10.1 Å². The predicted molar refractivity (Wildman–Crippen MR) is 128 cm³/mol. The third-order valence-electron chi connectivity index (χ3n) is 5.51. The average Bonchev–Trinajstić information content (AvgIpc) is 3.26. The summed E-state index contributed by atoms with van der Waals surface area (Å²) in [5, 5.41) is 11.5. The molecule has 0 saturated heterocycles. The Morgan fingerprint density at radius 1 is 1.00 bits per heavy atom. The van der Waals surface area contributed by atoms with E-state index in [2.05, 4.69) is 32.8 Å². The van der Waals surface area contributed by atoms with Crippen LogP contribution in [0, 0.1) is 0 Å². The summed E-state index contributed by atoms with van der Waals surface area (Å²) in [7, 11) is 0. The van der Waals surface area contributed by atoms with Crippen LogP contribution in [0.2, 0.25) is 5.02 Å². The van der Waals surface area contributed by atoms with E-state index in [0.29, 0.717) is 16.7 Å². The highest BCUT2D eigenvalue weighted by Crippen LogP contribution is 2.38. The van der Waals surface area contributed by atoms with Gasteiger partial charge in [0.05, 0.1) is 12.1 Å². The average molecular weight is 460 g/mol. The number of ether oxygens (including phenoxy) is 1. The van der Waals surface area contributed by atoms with Crippen LogP contribution in [0.4, 0.5) is 11.9 Å². The fourth-order valence-electron chi connectivity index (χ4n) is 3.92. The summed E-state index contributed by atoms with van der Waals surface area (Å²) in [5.41, 5.74) is 2.23. The molecule has 1 aliphatic rings. The molecular formula is C25H22ClN5O2. The molecule has 1 aromatic heterocycles. The van der Waals surface area contributed by atoms with Crippen LogP contribution in [-0.4, -0.2) is 27.3 Å². The Morgan fingerprint density at radius 3 is 2.42 bits per heavy atom. The zero-order valence-corrected chi connectivity index (χ0v) is 18.4. The lowest BCUT2D eigenvalue weighted by Crippen LogP contribution is -2.28. The van der Waals surface area contributed by atoms with Gasteiger partial charge in [0.15, 0.2) is 6.61 Å². The van der Waals surface area contributed by atoms with E-state index < -0.39 is 0 Å². The Kier molecular flexibility index (Phi) is 5.95. The second-order valence-corrected chi connectivity index (χ2v) is 8.20. The molecule has 0 spiro atoms. The van der Waals surface area contributed by atoms with Crippen molar-refractivity contribution in [2.45, 2.75) is 18.5 Å². The highest BCUT2D eigenvalue weighted by Gasteiger charge is 2.31. The smallest absolute Gasteiger partial charge is 0.264 e. The minimum absolute atomic E-state index is 0.0224. The third-order valence-corrected chi connectivity index (χ3v) is 5.76. The molecule has 5 rings (SSSR count). The number of nitrogens with zero attached hydrogens (tertiary/aromatic N) is 3. The number of halogens is 1. The van der Waals surface area contributed by atoms with Crippen LogP contribution < -0.4 is 15.4 Å². The molecule has 2 heterocycles.